The van der Waals surface area contributed by atoms with E-state index < -0.39 is 11.7 Å². The number of benzene rings is 2. The Morgan fingerprint density at radius 3 is 2.53 bits per heavy atom. The number of nitrogens with zero attached hydrogens (tertiary/aromatic N) is 1. The van der Waals surface area contributed by atoms with Crippen LogP contribution in [0.25, 0.3) is 0 Å². The number of anilines is 1. The summed E-state index contributed by atoms with van der Waals surface area (Å²) in [5.41, 5.74) is 1.81. The van der Waals surface area contributed by atoms with Gasteiger partial charge in [0.15, 0.2) is 0 Å². The highest BCUT2D eigenvalue weighted by Gasteiger charge is 2.31. The van der Waals surface area contributed by atoms with Crippen molar-refractivity contribution in [2.45, 2.75) is 51.5 Å². The summed E-state index contributed by atoms with van der Waals surface area (Å²) in [6.45, 7) is 7.06. The fourth-order valence-electron chi connectivity index (χ4n) is 3.64. The highest BCUT2D eigenvalue weighted by atomic mass is 16.6. The number of carbonyl (C=O) groups is 2. The molecule has 1 saturated heterocycles. The molecule has 3 rings (SSSR count). The lowest BCUT2D eigenvalue weighted by Gasteiger charge is -2.39. The first-order chi connectivity index (χ1) is 15.2. The summed E-state index contributed by atoms with van der Waals surface area (Å²) in [6, 6.07) is 16.8. The zero-order valence-corrected chi connectivity index (χ0v) is 19.2. The van der Waals surface area contributed by atoms with Crippen LogP contribution in [-0.2, 0) is 20.8 Å². The molecular weight excluding hydrogens is 408 g/mol. The van der Waals surface area contributed by atoms with Crippen LogP contribution < -0.4 is 10.2 Å². The number of ether oxygens (including phenoxy) is 3. The molecule has 0 bridgehead atoms. The van der Waals surface area contributed by atoms with E-state index in [2.05, 4.69) is 10.2 Å². The SMILES string of the molecule is CO[C@H]1CN(c2cccc(C(=O)OC(C)(C)C)c2)CC[C@H]1NC(=O)OCc1ccccc1. The van der Waals surface area contributed by atoms with Gasteiger partial charge in [0, 0.05) is 25.9 Å². The lowest BCUT2D eigenvalue weighted by atomic mass is 10.0. The summed E-state index contributed by atoms with van der Waals surface area (Å²) in [7, 11) is 1.63. The molecule has 1 heterocycles. The van der Waals surface area contributed by atoms with Gasteiger partial charge in [-0.15, -0.1) is 0 Å². The fourth-order valence-corrected chi connectivity index (χ4v) is 3.64. The van der Waals surface area contributed by atoms with Crippen molar-refractivity contribution in [2.75, 3.05) is 25.1 Å². The van der Waals surface area contributed by atoms with Crippen LogP contribution in [0.15, 0.2) is 54.6 Å². The van der Waals surface area contributed by atoms with Crippen molar-refractivity contribution in [3.8, 4) is 0 Å². The number of nitrogens with one attached hydrogen (secondary N) is 1. The molecule has 0 radical (unpaired) electrons. The monoisotopic (exact) mass is 440 g/mol. The molecule has 1 amide bonds. The van der Waals surface area contributed by atoms with Gasteiger partial charge in [-0.2, -0.15) is 0 Å². The van der Waals surface area contributed by atoms with Gasteiger partial charge in [-0.1, -0.05) is 36.4 Å². The van der Waals surface area contributed by atoms with E-state index >= 15 is 0 Å². The Kier molecular flexibility index (Phi) is 7.75. The van der Waals surface area contributed by atoms with Crippen LogP contribution in [0.1, 0.15) is 43.1 Å². The number of hydrogen-bond acceptors (Lipinski definition) is 6. The number of rotatable bonds is 6. The van der Waals surface area contributed by atoms with E-state index in [-0.39, 0.29) is 24.7 Å². The van der Waals surface area contributed by atoms with E-state index in [4.69, 9.17) is 14.2 Å². The molecule has 1 N–H and O–H groups in total. The van der Waals surface area contributed by atoms with E-state index in [1.165, 1.54) is 0 Å². The number of carbonyl (C=O) groups excluding carboxylic acids is 2. The maximum absolute atomic E-state index is 12.4. The molecule has 0 aromatic heterocycles. The Bertz CT molecular complexity index is 910. The van der Waals surface area contributed by atoms with Crippen molar-refractivity contribution in [1.29, 1.82) is 0 Å². The fraction of sp³-hybridized carbons (Fsp3) is 0.440. The van der Waals surface area contributed by atoms with E-state index in [9.17, 15) is 9.59 Å². The van der Waals surface area contributed by atoms with Crippen LogP contribution in [0.4, 0.5) is 10.5 Å². The first-order valence-corrected chi connectivity index (χ1v) is 10.8. The van der Waals surface area contributed by atoms with Gasteiger partial charge in [0.1, 0.15) is 12.2 Å². The number of esters is 1. The second-order valence-electron chi connectivity index (χ2n) is 8.87. The minimum atomic E-state index is -0.548. The molecule has 32 heavy (non-hydrogen) atoms. The molecule has 2 aromatic carbocycles. The van der Waals surface area contributed by atoms with Gasteiger partial charge in [-0.3, -0.25) is 0 Å². The topological polar surface area (TPSA) is 77.1 Å². The van der Waals surface area contributed by atoms with Gasteiger partial charge in [0.25, 0.3) is 0 Å². The molecule has 0 spiro atoms. The molecule has 1 fully saturated rings. The van der Waals surface area contributed by atoms with Crippen molar-refractivity contribution < 1.29 is 23.8 Å². The maximum Gasteiger partial charge on any atom is 0.407 e. The molecule has 2 aromatic rings. The quantitative estimate of drug-likeness (QED) is 0.680. The highest BCUT2D eigenvalue weighted by Crippen LogP contribution is 2.24. The van der Waals surface area contributed by atoms with E-state index in [1.807, 2.05) is 69.3 Å². The summed E-state index contributed by atoms with van der Waals surface area (Å²) in [5.74, 6) is -0.347. The lowest BCUT2D eigenvalue weighted by molar-refractivity contribution is 0.00694. The second kappa shape index (κ2) is 10.5. The summed E-state index contributed by atoms with van der Waals surface area (Å²) in [5, 5.41) is 2.93. The predicted octanol–water partition coefficient (Wildman–Crippen LogP) is 4.16. The molecule has 1 aliphatic heterocycles. The number of piperidine rings is 1. The Morgan fingerprint density at radius 2 is 1.84 bits per heavy atom. The van der Waals surface area contributed by atoms with Crippen LogP contribution in [0, 0.1) is 0 Å². The van der Waals surface area contributed by atoms with Crippen LogP contribution in [0.5, 0.6) is 0 Å². The van der Waals surface area contributed by atoms with E-state index in [0.717, 1.165) is 11.3 Å². The number of amides is 1. The van der Waals surface area contributed by atoms with Crippen molar-refractivity contribution >= 4 is 17.7 Å². The molecule has 0 saturated carbocycles. The maximum atomic E-state index is 12.4. The van der Waals surface area contributed by atoms with Crippen LogP contribution >= 0.6 is 0 Å². The summed E-state index contributed by atoms with van der Waals surface area (Å²) in [4.78, 5) is 26.9. The molecule has 7 heteroatoms. The largest absolute Gasteiger partial charge is 0.456 e. The zero-order valence-electron chi connectivity index (χ0n) is 19.2. The summed E-state index contributed by atoms with van der Waals surface area (Å²) >= 11 is 0. The Morgan fingerprint density at radius 1 is 1.09 bits per heavy atom. The third-order valence-corrected chi connectivity index (χ3v) is 5.22. The van der Waals surface area contributed by atoms with Crippen LogP contribution in [-0.4, -0.2) is 50.0 Å². The molecule has 1 aliphatic rings. The van der Waals surface area contributed by atoms with E-state index in [0.29, 0.717) is 25.1 Å². The van der Waals surface area contributed by atoms with Crippen LogP contribution in [0.2, 0.25) is 0 Å². The Labute approximate surface area is 189 Å². The third-order valence-electron chi connectivity index (χ3n) is 5.22. The molecule has 7 nitrogen and oxygen atoms in total. The highest BCUT2D eigenvalue weighted by molar-refractivity contribution is 5.90. The van der Waals surface area contributed by atoms with E-state index in [1.54, 1.807) is 13.2 Å². The minimum Gasteiger partial charge on any atom is -0.456 e. The number of alkyl carbamates (subject to hydrolysis) is 1. The standard InChI is InChI=1S/C25H32N2O5/c1-25(2,3)32-23(28)19-11-8-12-20(15-19)27-14-13-21(22(16-27)30-4)26-24(29)31-17-18-9-6-5-7-10-18/h5-12,15,21-22H,13-14,16-17H2,1-4H3,(H,26,29)/t21-,22+/m1/s1. The smallest absolute Gasteiger partial charge is 0.407 e. The average Bonchev–Trinajstić information content (AvgIpc) is 2.77. The first-order valence-electron chi connectivity index (χ1n) is 10.8. The van der Waals surface area contributed by atoms with Gasteiger partial charge in [0.2, 0.25) is 0 Å². The van der Waals surface area contributed by atoms with Crippen LogP contribution in [0.3, 0.4) is 0 Å². The van der Waals surface area contributed by atoms with Crippen molar-refractivity contribution in [3.63, 3.8) is 0 Å². The summed E-state index contributed by atoms with van der Waals surface area (Å²) in [6.07, 6.45) is 0.0229. The molecule has 2 atom stereocenters. The van der Waals surface area contributed by atoms with Gasteiger partial charge in [-0.05, 0) is 51.0 Å². The normalized spacial score (nSPS) is 18.7. The van der Waals surface area contributed by atoms with Crippen molar-refractivity contribution in [1.82, 2.24) is 5.32 Å². The van der Waals surface area contributed by atoms with Crippen molar-refractivity contribution in [2.24, 2.45) is 0 Å². The number of methoxy groups -OCH3 is 1. The molecule has 0 aliphatic carbocycles. The third kappa shape index (κ3) is 6.72. The first kappa shape index (κ1) is 23.6. The van der Waals surface area contributed by atoms with Gasteiger partial charge in [-0.25, -0.2) is 9.59 Å². The molecule has 0 unspecified atom stereocenters. The molecular formula is C25H32N2O5. The minimum absolute atomic E-state index is 0.159. The van der Waals surface area contributed by atoms with Gasteiger partial charge < -0.3 is 24.4 Å². The second-order valence-corrected chi connectivity index (χ2v) is 8.87. The lowest BCUT2D eigenvalue weighted by Crippen LogP contribution is -2.55. The Hall–Kier alpha value is -3.06. The van der Waals surface area contributed by atoms with Gasteiger partial charge >= 0.3 is 12.1 Å². The van der Waals surface area contributed by atoms with Crippen molar-refractivity contribution in [3.05, 3.63) is 65.7 Å². The predicted molar refractivity (Wildman–Crippen MR) is 123 cm³/mol. The molecule has 172 valence electrons. The van der Waals surface area contributed by atoms with Gasteiger partial charge in [0.05, 0.1) is 17.7 Å². The zero-order chi connectivity index (χ0) is 23.1. The average molecular weight is 441 g/mol. The summed E-state index contributed by atoms with van der Waals surface area (Å²) < 4.78 is 16.5. The Balaban J connectivity index is 1.57. The number of hydrogen-bond donors (Lipinski definition) is 1.